The molecule has 2 rings (SSSR count). The van der Waals surface area contributed by atoms with Crippen LogP contribution in [0.15, 0.2) is 35.3 Å². The number of hydrogen-bond acceptors (Lipinski definition) is 2. The molecule has 0 saturated carbocycles. The molecule has 1 aromatic heterocycles. The highest BCUT2D eigenvalue weighted by molar-refractivity contribution is 6.31. The molecule has 0 fully saturated rings. The molecule has 5 heteroatoms. The van der Waals surface area contributed by atoms with E-state index in [4.69, 9.17) is 11.6 Å². The second-order valence-electron chi connectivity index (χ2n) is 4.28. The van der Waals surface area contributed by atoms with Crippen LogP contribution >= 0.6 is 11.6 Å². The first-order chi connectivity index (χ1) is 8.99. The number of pyridine rings is 1. The van der Waals surface area contributed by atoms with Gasteiger partial charge in [0.1, 0.15) is 5.56 Å². The van der Waals surface area contributed by atoms with Gasteiger partial charge in [0, 0.05) is 16.9 Å². The second-order valence-corrected chi connectivity index (χ2v) is 4.71. The zero-order chi connectivity index (χ0) is 14.0. The maximum absolute atomic E-state index is 12.1. The molecule has 2 N–H and O–H groups in total. The maximum atomic E-state index is 12.1. The fraction of sp³-hybridized carbons (Fsp3) is 0.143. The largest absolute Gasteiger partial charge is 0.328 e. The van der Waals surface area contributed by atoms with E-state index in [1.807, 2.05) is 6.92 Å². The predicted octanol–water partition coefficient (Wildman–Crippen LogP) is 2.90. The molecule has 0 aliphatic heterocycles. The molecule has 2 aromatic rings. The first kappa shape index (κ1) is 13.4. The molecule has 4 nitrogen and oxygen atoms in total. The molecule has 1 aromatic carbocycles. The van der Waals surface area contributed by atoms with Crippen molar-refractivity contribution < 1.29 is 4.79 Å². The van der Waals surface area contributed by atoms with Crippen LogP contribution in [0.1, 0.15) is 21.5 Å². The number of amides is 1. The molecule has 19 heavy (non-hydrogen) atoms. The maximum Gasteiger partial charge on any atom is 0.261 e. The zero-order valence-corrected chi connectivity index (χ0v) is 11.3. The van der Waals surface area contributed by atoms with E-state index in [1.165, 1.54) is 6.20 Å². The fourth-order valence-corrected chi connectivity index (χ4v) is 1.94. The van der Waals surface area contributed by atoms with Crippen molar-refractivity contribution in [3.8, 4) is 0 Å². The van der Waals surface area contributed by atoms with Crippen LogP contribution in [0.3, 0.4) is 0 Å². The van der Waals surface area contributed by atoms with Crippen LogP contribution in [-0.2, 0) is 0 Å². The lowest BCUT2D eigenvalue weighted by atomic mass is 10.1. The quantitative estimate of drug-likeness (QED) is 0.886. The third-order valence-electron chi connectivity index (χ3n) is 2.84. The molecule has 0 aliphatic carbocycles. The molecule has 0 saturated heterocycles. The Kier molecular flexibility index (Phi) is 3.71. The number of nitrogens with one attached hydrogen (secondary N) is 2. The summed E-state index contributed by atoms with van der Waals surface area (Å²) in [5, 5.41) is 3.23. The summed E-state index contributed by atoms with van der Waals surface area (Å²) < 4.78 is 0. The molecular formula is C14H13ClN2O2. The highest BCUT2D eigenvalue weighted by Gasteiger charge is 2.14. The summed E-state index contributed by atoms with van der Waals surface area (Å²) in [6, 6.07) is 6.88. The van der Waals surface area contributed by atoms with Crippen LogP contribution in [0.25, 0.3) is 0 Å². The summed E-state index contributed by atoms with van der Waals surface area (Å²) in [6.07, 6.45) is 1.51. The van der Waals surface area contributed by atoms with Crippen molar-refractivity contribution in [2.24, 2.45) is 0 Å². The lowest BCUT2D eigenvalue weighted by Gasteiger charge is -2.09. The fourth-order valence-electron chi connectivity index (χ4n) is 1.77. The smallest absolute Gasteiger partial charge is 0.261 e. The van der Waals surface area contributed by atoms with E-state index < -0.39 is 11.5 Å². The lowest BCUT2D eigenvalue weighted by molar-refractivity contribution is 0.102. The Balaban J connectivity index is 2.36. The number of aryl methyl sites for hydroxylation is 2. The minimum Gasteiger partial charge on any atom is -0.328 e. The van der Waals surface area contributed by atoms with Crippen molar-refractivity contribution in [1.82, 2.24) is 4.98 Å². The predicted molar refractivity (Wildman–Crippen MR) is 75.9 cm³/mol. The topological polar surface area (TPSA) is 62.0 Å². The Morgan fingerprint density at radius 1 is 1.21 bits per heavy atom. The molecule has 0 atom stereocenters. The highest BCUT2D eigenvalue weighted by atomic mass is 35.5. The van der Waals surface area contributed by atoms with Gasteiger partial charge in [0.15, 0.2) is 0 Å². The Morgan fingerprint density at radius 3 is 2.63 bits per heavy atom. The van der Waals surface area contributed by atoms with Crippen molar-refractivity contribution in [3.05, 3.63) is 62.5 Å². The van der Waals surface area contributed by atoms with Gasteiger partial charge in [-0.05, 0) is 43.2 Å². The second kappa shape index (κ2) is 5.28. The minimum atomic E-state index is -0.440. The van der Waals surface area contributed by atoms with Crippen molar-refractivity contribution in [2.75, 3.05) is 5.32 Å². The third-order valence-corrected chi connectivity index (χ3v) is 3.08. The molecule has 1 amide bonds. The molecule has 0 aliphatic rings. The number of anilines is 1. The Labute approximate surface area is 115 Å². The average molecular weight is 277 g/mol. The Bertz CT molecular complexity index is 692. The van der Waals surface area contributed by atoms with E-state index in [2.05, 4.69) is 10.3 Å². The van der Waals surface area contributed by atoms with E-state index in [0.29, 0.717) is 16.3 Å². The van der Waals surface area contributed by atoms with Crippen molar-refractivity contribution in [3.63, 3.8) is 0 Å². The van der Waals surface area contributed by atoms with E-state index in [-0.39, 0.29) is 5.56 Å². The number of halogens is 1. The SMILES string of the molecule is Cc1ccc(Cl)cc1NC(=O)c1c(C)cc[nH]c1=O. The highest BCUT2D eigenvalue weighted by Crippen LogP contribution is 2.20. The van der Waals surface area contributed by atoms with Crippen LogP contribution in [0.5, 0.6) is 0 Å². The van der Waals surface area contributed by atoms with E-state index in [9.17, 15) is 9.59 Å². The van der Waals surface area contributed by atoms with Crippen LogP contribution in [0.2, 0.25) is 5.02 Å². The summed E-state index contributed by atoms with van der Waals surface area (Å²) in [5.74, 6) is -0.440. The molecule has 1 heterocycles. The van der Waals surface area contributed by atoms with Gasteiger partial charge in [0.2, 0.25) is 0 Å². The van der Waals surface area contributed by atoms with Crippen molar-refractivity contribution >= 4 is 23.2 Å². The van der Waals surface area contributed by atoms with Gasteiger partial charge >= 0.3 is 0 Å². The van der Waals surface area contributed by atoms with E-state index >= 15 is 0 Å². The number of rotatable bonds is 2. The summed E-state index contributed by atoms with van der Waals surface area (Å²) in [4.78, 5) is 26.3. The Morgan fingerprint density at radius 2 is 1.95 bits per heavy atom. The van der Waals surface area contributed by atoms with E-state index in [1.54, 1.807) is 31.2 Å². The van der Waals surface area contributed by atoms with Gasteiger partial charge in [-0.25, -0.2) is 0 Å². The van der Waals surface area contributed by atoms with Gasteiger partial charge in [0.05, 0.1) is 0 Å². The summed E-state index contributed by atoms with van der Waals surface area (Å²) in [6.45, 7) is 3.57. The van der Waals surface area contributed by atoms with Gasteiger partial charge in [0.25, 0.3) is 11.5 Å². The number of carbonyl (C=O) groups is 1. The van der Waals surface area contributed by atoms with Crippen LogP contribution < -0.4 is 10.9 Å². The van der Waals surface area contributed by atoms with Gasteiger partial charge in [-0.2, -0.15) is 0 Å². The van der Waals surface area contributed by atoms with Gasteiger partial charge in [-0.15, -0.1) is 0 Å². The van der Waals surface area contributed by atoms with E-state index in [0.717, 1.165) is 5.56 Å². The summed E-state index contributed by atoms with van der Waals surface area (Å²) in [5.41, 5.74) is 1.81. The molecule has 0 unspecified atom stereocenters. The third kappa shape index (κ3) is 2.85. The number of aromatic amines is 1. The monoisotopic (exact) mass is 276 g/mol. The Hall–Kier alpha value is -2.07. The number of aromatic nitrogens is 1. The van der Waals surface area contributed by atoms with Gasteiger partial charge in [-0.1, -0.05) is 17.7 Å². The first-order valence-electron chi connectivity index (χ1n) is 5.75. The lowest BCUT2D eigenvalue weighted by Crippen LogP contribution is -2.24. The van der Waals surface area contributed by atoms with Crippen molar-refractivity contribution in [2.45, 2.75) is 13.8 Å². The minimum absolute atomic E-state index is 0.113. The average Bonchev–Trinajstić information content (AvgIpc) is 2.33. The molecule has 0 radical (unpaired) electrons. The van der Waals surface area contributed by atoms with Crippen LogP contribution in [-0.4, -0.2) is 10.9 Å². The standard InChI is InChI=1S/C14H13ClN2O2/c1-8-3-4-10(15)7-11(8)17-14(19)12-9(2)5-6-16-13(12)18/h3-7H,1-2H3,(H,16,18)(H,17,19). The number of hydrogen-bond donors (Lipinski definition) is 2. The number of H-pyrrole nitrogens is 1. The summed E-state index contributed by atoms with van der Waals surface area (Å²) in [7, 11) is 0. The van der Waals surface area contributed by atoms with Crippen molar-refractivity contribution in [1.29, 1.82) is 0 Å². The van der Waals surface area contributed by atoms with Crippen LogP contribution in [0.4, 0.5) is 5.69 Å². The zero-order valence-electron chi connectivity index (χ0n) is 10.6. The number of carbonyl (C=O) groups excluding carboxylic acids is 1. The molecular weight excluding hydrogens is 264 g/mol. The molecule has 98 valence electrons. The summed E-state index contributed by atoms with van der Waals surface area (Å²) >= 11 is 5.89. The van der Waals surface area contributed by atoms with Gasteiger partial charge in [-0.3, -0.25) is 9.59 Å². The first-order valence-corrected chi connectivity index (χ1v) is 6.12. The number of benzene rings is 1. The normalized spacial score (nSPS) is 10.3. The molecule has 0 spiro atoms. The van der Waals surface area contributed by atoms with Crippen LogP contribution in [0, 0.1) is 13.8 Å². The molecule has 0 bridgehead atoms. The van der Waals surface area contributed by atoms with Gasteiger partial charge < -0.3 is 10.3 Å².